The number of para-hydroxylation sites is 1. The van der Waals surface area contributed by atoms with Crippen molar-refractivity contribution in [2.24, 2.45) is 4.99 Å². The zero-order valence-electron chi connectivity index (χ0n) is 15.5. The molecule has 0 amide bonds. The lowest BCUT2D eigenvalue weighted by atomic mass is 10.1. The zero-order chi connectivity index (χ0) is 20.6. The van der Waals surface area contributed by atoms with Crippen LogP contribution in [0.15, 0.2) is 77.8 Å². The average Bonchev–Trinajstić information content (AvgIpc) is 2.73. The van der Waals surface area contributed by atoms with Gasteiger partial charge in [-0.15, -0.1) is 0 Å². The van der Waals surface area contributed by atoms with E-state index in [0.29, 0.717) is 18.9 Å². The molecule has 6 nitrogen and oxygen atoms in total. The van der Waals surface area contributed by atoms with Crippen LogP contribution in [0.2, 0.25) is 0 Å². The van der Waals surface area contributed by atoms with Gasteiger partial charge in [0.1, 0.15) is 12.4 Å². The van der Waals surface area contributed by atoms with E-state index in [9.17, 15) is 9.59 Å². The normalized spacial score (nSPS) is 10.8. The number of carbonyl (C=O) groups is 2. The van der Waals surface area contributed by atoms with Crippen LogP contribution < -0.4 is 4.74 Å². The standard InChI is InChI=1S/C23H19NO5/c25-22(26)18-9-5-16(6-10-18)13-24-14-20-3-1-2-4-21(20)29-15-17-7-11-19(12-8-17)23(27)28/h1-12,14H,13,15H2,(H,25,26)(H,27,28). The molecule has 0 bridgehead atoms. The summed E-state index contributed by atoms with van der Waals surface area (Å²) in [6, 6.07) is 20.6. The Balaban J connectivity index is 1.63. The van der Waals surface area contributed by atoms with Gasteiger partial charge in [0.05, 0.1) is 17.7 Å². The van der Waals surface area contributed by atoms with Crippen molar-refractivity contribution in [1.29, 1.82) is 0 Å². The van der Waals surface area contributed by atoms with Crippen LogP contribution in [-0.2, 0) is 13.2 Å². The Hall–Kier alpha value is -3.93. The smallest absolute Gasteiger partial charge is 0.335 e. The molecule has 0 heterocycles. The summed E-state index contributed by atoms with van der Waals surface area (Å²) >= 11 is 0. The lowest BCUT2D eigenvalue weighted by molar-refractivity contribution is 0.0686. The molecule has 2 N–H and O–H groups in total. The summed E-state index contributed by atoms with van der Waals surface area (Å²) in [7, 11) is 0. The summed E-state index contributed by atoms with van der Waals surface area (Å²) in [4.78, 5) is 26.2. The van der Waals surface area contributed by atoms with Crippen LogP contribution in [0.25, 0.3) is 0 Å². The van der Waals surface area contributed by atoms with Crippen molar-refractivity contribution >= 4 is 18.2 Å². The topological polar surface area (TPSA) is 96.2 Å². The maximum atomic E-state index is 10.9. The van der Waals surface area contributed by atoms with Crippen LogP contribution in [0.4, 0.5) is 0 Å². The molecule has 146 valence electrons. The van der Waals surface area contributed by atoms with Gasteiger partial charge in [0.2, 0.25) is 0 Å². The first-order valence-electron chi connectivity index (χ1n) is 8.89. The number of carboxylic acids is 2. The molecule has 3 rings (SSSR count). The molecule has 0 atom stereocenters. The minimum absolute atomic E-state index is 0.234. The molecule has 3 aromatic carbocycles. The fourth-order valence-corrected chi connectivity index (χ4v) is 2.63. The second-order valence-corrected chi connectivity index (χ2v) is 6.30. The summed E-state index contributed by atoms with van der Waals surface area (Å²) < 4.78 is 5.86. The van der Waals surface area contributed by atoms with Gasteiger partial charge in [-0.25, -0.2) is 9.59 Å². The first kappa shape index (κ1) is 19.8. The number of benzene rings is 3. The molecule has 0 fully saturated rings. The van der Waals surface area contributed by atoms with Crippen LogP contribution in [0, 0.1) is 0 Å². The molecule has 0 aliphatic carbocycles. The highest BCUT2D eigenvalue weighted by molar-refractivity contribution is 5.88. The van der Waals surface area contributed by atoms with Crippen LogP contribution in [0.5, 0.6) is 5.75 Å². The van der Waals surface area contributed by atoms with E-state index in [1.54, 1.807) is 54.7 Å². The molecule has 0 aliphatic rings. The molecular formula is C23H19NO5. The van der Waals surface area contributed by atoms with Crippen LogP contribution >= 0.6 is 0 Å². The van der Waals surface area contributed by atoms with Gasteiger partial charge >= 0.3 is 11.9 Å². The Bertz CT molecular complexity index is 1020. The van der Waals surface area contributed by atoms with E-state index in [1.807, 2.05) is 24.3 Å². The number of aromatic carboxylic acids is 2. The molecule has 0 radical (unpaired) electrons. The number of aliphatic imine (C=N–C) groups is 1. The Kier molecular flexibility index (Phi) is 6.37. The van der Waals surface area contributed by atoms with Gasteiger partial charge < -0.3 is 14.9 Å². The van der Waals surface area contributed by atoms with Gasteiger partial charge in [0.25, 0.3) is 0 Å². The Labute approximate surface area is 167 Å². The first-order chi connectivity index (χ1) is 14.0. The highest BCUT2D eigenvalue weighted by Gasteiger charge is 2.05. The molecule has 0 spiro atoms. The summed E-state index contributed by atoms with van der Waals surface area (Å²) in [5.41, 5.74) is 3.06. The quantitative estimate of drug-likeness (QED) is 0.561. The van der Waals surface area contributed by atoms with Crippen molar-refractivity contribution in [2.75, 3.05) is 0 Å². The third-order valence-electron chi connectivity index (χ3n) is 4.22. The molecule has 29 heavy (non-hydrogen) atoms. The van der Waals surface area contributed by atoms with E-state index < -0.39 is 11.9 Å². The predicted molar refractivity (Wildman–Crippen MR) is 109 cm³/mol. The van der Waals surface area contributed by atoms with Gasteiger partial charge in [-0.05, 0) is 47.5 Å². The highest BCUT2D eigenvalue weighted by Crippen LogP contribution is 2.18. The van der Waals surface area contributed by atoms with Crippen molar-refractivity contribution in [2.45, 2.75) is 13.2 Å². The second kappa shape index (κ2) is 9.32. The summed E-state index contributed by atoms with van der Waals surface area (Å²) in [5.74, 6) is -1.25. The Morgan fingerprint density at radius 3 is 1.93 bits per heavy atom. The van der Waals surface area contributed by atoms with Crippen LogP contribution in [0.3, 0.4) is 0 Å². The zero-order valence-corrected chi connectivity index (χ0v) is 15.5. The van der Waals surface area contributed by atoms with Crippen molar-refractivity contribution in [3.63, 3.8) is 0 Å². The van der Waals surface area contributed by atoms with E-state index in [0.717, 1.165) is 16.7 Å². The van der Waals surface area contributed by atoms with Crippen molar-refractivity contribution in [3.8, 4) is 5.75 Å². The maximum Gasteiger partial charge on any atom is 0.335 e. The SMILES string of the molecule is O=C(O)c1ccc(CN=Cc2ccccc2OCc2ccc(C(=O)O)cc2)cc1. The maximum absolute atomic E-state index is 10.9. The van der Waals surface area contributed by atoms with E-state index in [-0.39, 0.29) is 11.1 Å². The highest BCUT2D eigenvalue weighted by atomic mass is 16.5. The molecule has 3 aromatic rings. The largest absolute Gasteiger partial charge is 0.488 e. The lowest BCUT2D eigenvalue weighted by Gasteiger charge is -2.09. The van der Waals surface area contributed by atoms with E-state index >= 15 is 0 Å². The number of rotatable bonds is 8. The number of hydrogen-bond donors (Lipinski definition) is 2. The van der Waals surface area contributed by atoms with Crippen molar-refractivity contribution in [3.05, 3.63) is 101 Å². The van der Waals surface area contributed by atoms with Crippen LogP contribution in [0.1, 0.15) is 37.4 Å². The molecule has 0 aliphatic heterocycles. The molecular weight excluding hydrogens is 370 g/mol. The number of nitrogens with zero attached hydrogens (tertiary/aromatic N) is 1. The molecule has 0 saturated heterocycles. The second-order valence-electron chi connectivity index (χ2n) is 6.30. The minimum Gasteiger partial charge on any atom is -0.488 e. The molecule has 0 aromatic heterocycles. The van der Waals surface area contributed by atoms with E-state index in [2.05, 4.69) is 4.99 Å². The van der Waals surface area contributed by atoms with Crippen molar-refractivity contribution in [1.82, 2.24) is 0 Å². The number of ether oxygens (including phenoxy) is 1. The third kappa shape index (κ3) is 5.52. The fourth-order valence-electron chi connectivity index (χ4n) is 2.63. The lowest BCUT2D eigenvalue weighted by Crippen LogP contribution is -2.00. The average molecular weight is 389 g/mol. The summed E-state index contributed by atoms with van der Waals surface area (Å²) in [6.07, 6.45) is 1.72. The molecule has 0 saturated carbocycles. The molecule has 6 heteroatoms. The third-order valence-corrected chi connectivity index (χ3v) is 4.22. The van der Waals surface area contributed by atoms with E-state index in [1.165, 1.54) is 0 Å². The summed E-state index contributed by atoms with van der Waals surface area (Å²) in [6.45, 7) is 0.728. The minimum atomic E-state index is -0.961. The first-order valence-corrected chi connectivity index (χ1v) is 8.89. The van der Waals surface area contributed by atoms with Crippen molar-refractivity contribution < 1.29 is 24.5 Å². The summed E-state index contributed by atoms with van der Waals surface area (Å²) in [5, 5.41) is 17.9. The monoisotopic (exact) mass is 389 g/mol. The fraction of sp³-hybridized carbons (Fsp3) is 0.0870. The van der Waals surface area contributed by atoms with Crippen LogP contribution in [-0.4, -0.2) is 28.4 Å². The predicted octanol–water partition coefficient (Wildman–Crippen LogP) is 4.28. The Morgan fingerprint density at radius 2 is 1.34 bits per heavy atom. The van der Waals surface area contributed by atoms with Gasteiger partial charge in [0, 0.05) is 11.8 Å². The van der Waals surface area contributed by atoms with E-state index in [4.69, 9.17) is 14.9 Å². The number of carboxylic acid groups (broad SMARTS) is 2. The molecule has 0 unspecified atom stereocenters. The number of hydrogen-bond acceptors (Lipinski definition) is 4. The van der Waals surface area contributed by atoms with Gasteiger partial charge in [-0.1, -0.05) is 36.4 Å². The van der Waals surface area contributed by atoms with Gasteiger partial charge in [-0.2, -0.15) is 0 Å². The Morgan fingerprint density at radius 1 is 0.793 bits per heavy atom. The van der Waals surface area contributed by atoms with Gasteiger partial charge in [0.15, 0.2) is 0 Å². The van der Waals surface area contributed by atoms with Gasteiger partial charge in [-0.3, -0.25) is 4.99 Å².